The van der Waals surface area contributed by atoms with Gasteiger partial charge in [-0.05, 0) is 6.92 Å². The van der Waals surface area contributed by atoms with Crippen LogP contribution in [0.2, 0.25) is 0 Å². The molecule has 1 atom stereocenters. The van der Waals surface area contributed by atoms with Gasteiger partial charge in [0.2, 0.25) is 10.0 Å². The number of benzene rings is 1. The number of Topliss-reactive ketones (excluding diaryl/α,β-unsaturated/α-hetero) is 1. The predicted molar refractivity (Wildman–Crippen MR) is 64.2 cm³/mol. The van der Waals surface area contributed by atoms with E-state index in [9.17, 15) is 13.2 Å². The number of sulfonamides is 1. The fourth-order valence-electron chi connectivity index (χ4n) is 1.27. The molecule has 0 saturated carbocycles. The van der Waals surface area contributed by atoms with Crippen molar-refractivity contribution >= 4 is 15.8 Å². The minimum absolute atomic E-state index is 0.307. The normalized spacial score (nSPS) is 13.3. The van der Waals surface area contributed by atoms with E-state index in [1.54, 1.807) is 30.3 Å². The highest BCUT2D eigenvalue weighted by Crippen LogP contribution is 2.02. The van der Waals surface area contributed by atoms with E-state index < -0.39 is 27.6 Å². The first-order chi connectivity index (χ1) is 7.94. The SMILES string of the molecule is C[C@H](CO)NS(=O)(=O)CC(=O)c1ccccc1. The van der Waals surface area contributed by atoms with Crippen LogP contribution in [0.15, 0.2) is 30.3 Å². The van der Waals surface area contributed by atoms with E-state index in [0.29, 0.717) is 5.56 Å². The molecule has 0 fully saturated rings. The maximum atomic E-state index is 11.6. The lowest BCUT2D eigenvalue weighted by Crippen LogP contribution is -2.38. The summed E-state index contributed by atoms with van der Waals surface area (Å²) in [6.07, 6.45) is 0. The molecular formula is C11H15NO4S. The number of carbonyl (C=O) groups is 1. The third-order valence-electron chi connectivity index (χ3n) is 2.07. The first-order valence-electron chi connectivity index (χ1n) is 5.13. The minimum Gasteiger partial charge on any atom is -0.395 e. The molecule has 0 unspecified atom stereocenters. The molecular weight excluding hydrogens is 242 g/mol. The summed E-state index contributed by atoms with van der Waals surface area (Å²) in [7, 11) is -3.70. The van der Waals surface area contributed by atoms with Crippen molar-refractivity contribution in [3.63, 3.8) is 0 Å². The Kier molecular flexibility index (Phi) is 4.80. The lowest BCUT2D eigenvalue weighted by molar-refractivity contribution is 0.102. The van der Waals surface area contributed by atoms with Crippen LogP contribution in [0.5, 0.6) is 0 Å². The molecule has 0 aromatic heterocycles. The van der Waals surface area contributed by atoms with Crippen molar-refractivity contribution in [3.05, 3.63) is 35.9 Å². The van der Waals surface area contributed by atoms with Gasteiger partial charge in [-0.1, -0.05) is 30.3 Å². The number of nitrogens with one attached hydrogen (secondary N) is 1. The molecule has 0 radical (unpaired) electrons. The minimum atomic E-state index is -3.70. The van der Waals surface area contributed by atoms with E-state index in [4.69, 9.17) is 5.11 Å². The number of rotatable bonds is 6. The second-order valence-electron chi connectivity index (χ2n) is 3.75. The monoisotopic (exact) mass is 257 g/mol. The maximum Gasteiger partial charge on any atom is 0.219 e. The molecule has 6 heteroatoms. The summed E-state index contributed by atoms with van der Waals surface area (Å²) in [6.45, 7) is 1.21. The van der Waals surface area contributed by atoms with Crippen LogP contribution in [0.4, 0.5) is 0 Å². The van der Waals surface area contributed by atoms with Gasteiger partial charge in [0.15, 0.2) is 5.78 Å². The third-order valence-corrected chi connectivity index (χ3v) is 3.48. The van der Waals surface area contributed by atoms with Gasteiger partial charge in [-0.25, -0.2) is 13.1 Å². The fraction of sp³-hybridized carbons (Fsp3) is 0.364. The highest BCUT2D eigenvalue weighted by molar-refractivity contribution is 7.90. The summed E-state index contributed by atoms with van der Waals surface area (Å²) < 4.78 is 25.3. The van der Waals surface area contributed by atoms with Gasteiger partial charge >= 0.3 is 0 Å². The molecule has 0 aliphatic carbocycles. The number of ketones is 1. The molecule has 0 saturated heterocycles. The standard InChI is InChI=1S/C11H15NO4S/c1-9(7-13)12-17(15,16)8-11(14)10-5-3-2-4-6-10/h2-6,9,12-13H,7-8H2,1H3/t9-/m1/s1. The van der Waals surface area contributed by atoms with Crippen LogP contribution in [0.25, 0.3) is 0 Å². The van der Waals surface area contributed by atoms with E-state index in [2.05, 4.69) is 4.72 Å². The van der Waals surface area contributed by atoms with Crippen molar-refractivity contribution in [1.82, 2.24) is 4.72 Å². The summed E-state index contributed by atoms with van der Waals surface area (Å²) in [5.41, 5.74) is 0.356. The van der Waals surface area contributed by atoms with E-state index in [-0.39, 0.29) is 6.61 Å². The Hall–Kier alpha value is -1.24. The zero-order valence-corrected chi connectivity index (χ0v) is 10.3. The van der Waals surface area contributed by atoms with Crippen molar-refractivity contribution in [1.29, 1.82) is 0 Å². The number of hydrogen-bond donors (Lipinski definition) is 2. The smallest absolute Gasteiger partial charge is 0.219 e. The molecule has 0 heterocycles. The van der Waals surface area contributed by atoms with Gasteiger partial charge in [0.1, 0.15) is 5.75 Å². The molecule has 17 heavy (non-hydrogen) atoms. The number of aliphatic hydroxyl groups excluding tert-OH is 1. The number of carbonyl (C=O) groups excluding carboxylic acids is 1. The summed E-state index contributed by atoms with van der Waals surface area (Å²) >= 11 is 0. The van der Waals surface area contributed by atoms with Crippen LogP contribution in [0.1, 0.15) is 17.3 Å². The Bertz CT molecular complexity index is 470. The molecule has 94 valence electrons. The summed E-state index contributed by atoms with van der Waals surface area (Å²) in [5, 5.41) is 8.74. The molecule has 1 aromatic carbocycles. The van der Waals surface area contributed by atoms with Crippen molar-refractivity contribution in [3.8, 4) is 0 Å². The van der Waals surface area contributed by atoms with Gasteiger partial charge in [-0.2, -0.15) is 0 Å². The molecule has 1 aromatic rings. The van der Waals surface area contributed by atoms with Crippen LogP contribution in [-0.2, 0) is 10.0 Å². The highest BCUT2D eigenvalue weighted by Gasteiger charge is 2.19. The number of hydrogen-bond acceptors (Lipinski definition) is 4. The molecule has 5 nitrogen and oxygen atoms in total. The maximum absolute atomic E-state index is 11.6. The molecule has 0 bridgehead atoms. The van der Waals surface area contributed by atoms with Crippen LogP contribution in [-0.4, -0.2) is 37.7 Å². The van der Waals surface area contributed by atoms with E-state index in [0.717, 1.165) is 0 Å². The summed E-state index contributed by atoms with van der Waals surface area (Å²) in [4.78, 5) is 11.6. The van der Waals surface area contributed by atoms with Crippen LogP contribution >= 0.6 is 0 Å². The second-order valence-corrected chi connectivity index (χ2v) is 5.50. The lowest BCUT2D eigenvalue weighted by Gasteiger charge is -2.10. The largest absolute Gasteiger partial charge is 0.395 e. The van der Waals surface area contributed by atoms with Gasteiger partial charge in [0.25, 0.3) is 0 Å². The van der Waals surface area contributed by atoms with Gasteiger partial charge in [0, 0.05) is 11.6 Å². The quantitative estimate of drug-likeness (QED) is 0.712. The zero-order valence-electron chi connectivity index (χ0n) is 9.46. The van der Waals surface area contributed by atoms with Crippen molar-refractivity contribution < 1.29 is 18.3 Å². The van der Waals surface area contributed by atoms with E-state index >= 15 is 0 Å². The molecule has 0 amide bonds. The number of aliphatic hydroxyl groups is 1. The lowest BCUT2D eigenvalue weighted by atomic mass is 10.2. The second kappa shape index (κ2) is 5.90. The fourth-order valence-corrected chi connectivity index (χ4v) is 2.55. The molecule has 0 aliphatic heterocycles. The average molecular weight is 257 g/mol. The summed E-state index contributed by atoms with van der Waals surface area (Å²) in [5.74, 6) is -1.08. The predicted octanol–water partition coefficient (Wildman–Crippen LogP) is 0.169. The van der Waals surface area contributed by atoms with Gasteiger partial charge in [-0.3, -0.25) is 4.79 Å². The Morgan fingerprint density at radius 2 is 1.94 bits per heavy atom. The van der Waals surface area contributed by atoms with Crippen LogP contribution < -0.4 is 4.72 Å². The molecule has 0 spiro atoms. The average Bonchev–Trinajstić information content (AvgIpc) is 2.28. The summed E-state index contributed by atoms with van der Waals surface area (Å²) in [6, 6.07) is 7.62. The van der Waals surface area contributed by atoms with Gasteiger partial charge in [-0.15, -0.1) is 0 Å². The highest BCUT2D eigenvalue weighted by atomic mass is 32.2. The van der Waals surface area contributed by atoms with Crippen LogP contribution in [0, 0.1) is 0 Å². The zero-order chi connectivity index (χ0) is 12.9. The Morgan fingerprint density at radius 1 is 1.35 bits per heavy atom. The topological polar surface area (TPSA) is 83.5 Å². The first-order valence-corrected chi connectivity index (χ1v) is 6.79. The van der Waals surface area contributed by atoms with Crippen molar-refractivity contribution in [2.75, 3.05) is 12.4 Å². The van der Waals surface area contributed by atoms with Crippen LogP contribution in [0.3, 0.4) is 0 Å². The van der Waals surface area contributed by atoms with Crippen molar-refractivity contribution in [2.24, 2.45) is 0 Å². The third kappa shape index (κ3) is 4.64. The Labute approximate surface area is 101 Å². The van der Waals surface area contributed by atoms with Gasteiger partial charge < -0.3 is 5.11 Å². The van der Waals surface area contributed by atoms with Gasteiger partial charge in [0.05, 0.1) is 6.61 Å². The Balaban J connectivity index is 2.69. The van der Waals surface area contributed by atoms with E-state index in [1.807, 2.05) is 0 Å². The molecule has 2 N–H and O–H groups in total. The van der Waals surface area contributed by atoms with E-state index in [1.165, 1.54) is 6.92 Å². The molecule has 0 aliphatic rings. The van der Waals surface area contributed by atoms with Crippen molar-refractivity contribution in [2.45, 2.75) is 13.0 Å². The Morgan fingerprint density at radius 3 is 2.47 bits per heavy atom. The first kappa shape index (κ1) is 13.8. The molecule has 1 rings (SSSR count).